The topological polar surface area (TPSA) is 56.7 Å². The van der Waals surface area contributed by atoms with Crippen molar-refractivity contribution >= 4 is 11.0 Å². The van der Waals surface area contributed by atoms with E-state index in [1.54, 1.807) is 0 Å². The van der Waals surface area contributed by atoms with Gasteiger partial charge < -0.3 is 10.3 Å². The SMILES string of the molecule is Cn1ccc2c(-c3ccc(C(F)(F)F)cc3)nc(CN)nc21. The highest BCUT2D eigenvalue weighted by Crippen LogP contribution is 2.32. The molecule has 0 aliphatic carbocycles. The van der Waals surface area contributed by atoms with Gasteiger partial charge in [-0.15, -0.1) is 0 Å². The van der Waals surface area contributed by atoms with Crippen molar-refractivity contribution in [2.75, 3.05) is 0 Å². The van der Waals surface area contributed by atoms with Crippen molar-refractivity contribution < 1.29 is 13.2 Å². The molecule has 0 radical (unpaired) electrons. The van der Waals surface area contributed by atoms with E-state index in [2.05, 4.69) is 9.97 Å². The summed E-state index contributed by atoms with van der Waals surface area (Å²) in [7, 11) is 1.84. The Balaban J connectivity index is 2.17. The second-order valence-corrected chi connectivity index (χ2v) is 4.93. The average Bonchev–Trinajstić information content (AvgIpc) is 2.87. The van der Waals surface area contributed by atoms with Crippen LogP contribution in [0.1, 0.15) is 11.4 Å². The number of rotatable bonds is 2. The van der Waals surface area contributed by atoms with Crippen LogP contribution in [0.25, 0.3) is 22.3 Å². The zero-order chi connectivity index (χ0) is 15.9. The molecule has 0 atom stereocenters. The number of benzene rings is 1. The first-order chi connectivity index (χ1) is 10.4. The second-order valence-electron chi connectivity index (χ2n) is 4.93. The van der Waals surface area contributed by atoms with Gasteiger partial charge in [0.25, 0.3) is 0 Å². The van der Waals surface area contributed by atoms with Crippen LogP contribution in [0.4, 0.5) is 13.2 Å². The third-order valence-corrected chi connectivity index (χ3v) is 3.44. The van der Waals surface area contributed by atoms with Crippen LogP contribution < -0.4 is 5.73 Å². The maximum atomic E-state index is 12.7. The minimum Gasteiger partial charge on any atom is -0.335 e. The van der Waals surface area contributed by atoms with Gasteiger partial charge >= 0.3 is 6.18 Å². The fourth-order valence-electron chi connectivity index (χ4n) is 2.31. The molecule has 0 saturated heterocycles. The van der Waals surface area contributed by atoms with E-state index < -0.39 is 11.7 Å². The van der Waals surface area contributed by atoms with Crippen molar-refractivity contribution in [3.63, 3.8) is 0 Å². The summed E-state index contributed by atoms with van der Waals surface area (Å²) in [6.45, 7) is 0.161. The molecule has 3 rings (SSSR count). The minimum absolute atomic E-state index is 0.161. The Hall–Kier alpha value is -2.41. The standard InChI is InChI=1S/C15H13F3N4/c1-22-7-6-11-13(20-12(8-19)21-14(11)22)9-2-4-10(5-3-9)15(16,17)18/h2-7H,8,19H2,1H3. The third-order valence-electron chi connectivity index (χ3n) is 3.44. The lowest BCUT2D eigenvalue weighted by molar-refractivity contribution is -0.137. The van der Waals surface area contributed by atoms with Crippen molar-refractivity contribution in [2.24, 2.45) is 12.8 Å². The Kier molecular flexibility index (Phi) is 3.37. The van der Waals surface area contributed by atoms with E-state index in [1.165, 1.54) is 12.1 Å². The lowest BCUT2D eigenvalue weighted by atomic mass is 10.1. The molecule has 0 saturated carbocycles. The largest absolute Gasteiger partial charge is 0.416 e. The van der Waals surface area contributed by atoms with E-state index >= 15 is 0 Å². The molecule has 22 heavy (non-hydrogen) atoms. The Bertz CT molecular complexity index is 819. The van der Waals surface area contributed by atoms with Crippen molar-refractivity contribution in [3.8, 4) is 11.3 Å². The Morgan fingerprint density at radius 2 is 1.77 bits per heavy atom. The van der Waals surface area contributed by atoms with Crippen LogP contribution in [0.15, 0.2) is 36.5 Å². The quantitative estimate of drug-likeness (QED) is 0.791. The Morgan fingerprint density at radius 3 is 2.36 bits per heavy atom. The van der Waals surface area contributed by atoms with Crippen molar-refractivity contribution in [3.05, 3.63) is 47.9 Å². The zero-order valence-electron chi connectivity index (χ0n) is 11.7. The highest BCUT2D eigenvalue weighted by atomic mass is 19.4. The van der Waals surface area contributed by atoms with E-state index in [0.717, 1.165) is 17.5 Å². The first-order valence-electron chi connectivity index (χ1n) is 6.60. The van der Waals surface area contributed by atoms with Crippen LogP contribution in [-0.4, -0.2) is 14.5 Å². The van der Waals surface area contributed by atoms with Gasteiger partial charge in [-0.3, -0.25) is 0 Å². The van der Waals surface area contributed by atoms with E-state index in [0.29, 0.717) is 22.7 Å². The number of alkyl halides is 3. The Morgan fingerprint density at radius 1 is 1.09 bits per heavy atom. The number of hydrogen-bond acceptors (Lipinski definition) is 3. The van der Waals surface area contributed by atoms with Gasteiger partial charge in [-0.1, -0.05) is 12.1 Å². The molecule has 0 spiro atoms. The summed E-state index contributed by atoms with van der Waals surface area (Å²) >= 11 is 0. The van der Waals surface area contributed by atoms with Gasteiger partial charge in [-0.25, -0.2) is 9.97 Å². The molecular weight excluding hydrogens is 293 g/mol. The molecule has 2 N–H and O–H groups in total. The summed E-state index contributed by atoms with van der Waals surface area (Å²) < 4.78 is 39.8. The fourth-order valence-corrected chi connectivity index (χ4v) is 2.31. The maximum Gasteiger partial charge on any atom is 0.416 e. The molecular formula is C15H13F3N4. The van der Waals surface area contributed by atoms with E-state index in [9.17, 15) is 13.2 Å². The molecule has 0 aliphatic heterocycles. The lowest BCUT2D eigenvalue weighted by Crippen LogP contribution is -2.06. The summed E-state index contributed by atoms with van der Waals surface area (Å²) in [5.74, 6) is 0.448. The normalized spacial score (nSPS) is 12.0. The van der Waals surface area contributed by atoms with Crippen LogP contribution in [-0.2, 0) is 19.8 Å². The van der Waals surface area contributed by atoms with Crippen LogP contribution in [0.2, 0.25) is 0 Å². The van der Waals surface area contributed by atoms with E-state index in [4.69, 9.17) is 5.73 Å². The van der Waals surface area contributed by atoms with Crippen LogP contribution in [0, 0.1) is 0 Å². The fraction of sp³-hybridized carbons (Fsp3) is 0.200. The van der Waals surface area contributed by atoms with Crippen molar-refractivity contribution in [1.82, 2.24) is 14.5 Å². The van der Waals surface area contributed by atoms with Gasteiger partial charge in [0.2, 0.25) is 0 Å². The maximum absolute atomic E-state index is 12.7. The smallest absolute Gasteiger partial charge is 0.335 e. The van der Waals surface area contributed by atoms with Crippen molar-refractivity contribution in [1.29, 1.82) is 0 Å². The van der Waals surface area contributed by atoms with Crippen LogP contribution in [0.3, 0.4) is 0 Å². The van der Waals surface area contributed by atoms with Crippen LogP contribution >= 0.6 is 0 Å². The van der Waals surface area contributed by atoms with Gasteiger partial charge in [-0.05, 0) is 18.2 Å². The predicted octanol–water partition coefficient (Wildman–Crippen LogP) is 3.11. The predicted molar refractivity (Wildman–Crippen MR) is 76.8 cm³/mol. The van der Waals surface area contributed by atoms with E-state index in [-0.39, 0.29) is 6.54 Å². The summed E-state index contributed by atoms with van der Waals surface area (Å²) in [5, 5.41) is 0.777. The first-order valence-corrected chi connectivity index (χ1v) is 6.60. The number of nitrogens with two attached hydrogens (primary N) is 1. The zero-order valence-corrected chi connectivity index (χ0v) is 11.7. The third kappa shape index (κ3) is 2.43. The Labute approximate surface area is 124 Å². The van der Waals surface area contributed by atoms with Crippen LogP contribution in [0.5, 0.6) is 0 Å². The van der Waals surface area contributed by atoms with Gasteiger partial charge in [0.15, 0.2) is 0 Å². The van der Waals surface area contributed by atoms with Gasteiger partial charge in [-0.2, -0.15) is 13.2 Å². The molecule has 0 unspecified atom stereocenters. The highest BCUT2D eigenvalue weighted by molar-refractivity contribution is 5.91. The number of fused-ring (bicyclic) bond motifs is 1. The molecule has 1 aromatic carbocycles. The van der Waals surface area contributed by atoms with Gasteiger partial charge in [0.05, 0.1) is 17.8 Å². The molecule has 7 heteroatoms. The summed E-state index contributed by atoms with van der Waals surface area (Å²) in [6, 6.07) is 6.76. The molecule has 0 bridgehead atoms. The minimum atomic E-state index is -4.35. The lowest BCUT2D eigenvalue weighted by Gasteiger charge is -2.09. The molecule has 0 aliphatic rings. The van der Waals surface area contributed by atoms with Gasteiger partial charge in [0.1, 0.15) is 11.5 Å². The molecule has 3 aromatic rings. The number of hydrogen-bond donors (Lipinski definition) is 1. The van der Waals surface area contributed by atoms with E-state index in [1.807, 2.05) is 23.9 Å². The number of halogens is 3. The first kappa shape index (κ1) is 14.5. The number of aryl methyl sites for hydroxylation is 1. The molecule has 0 amide bonds. The molecule has 2 aromatic heterocycles. The monoisotopic (exact) mass is 306 g/mol. The van der Waals surface area contributed by atoms with Gasteiger partial charge in [0, 0.05) is 24.2 Å². The van der Waals surface area contributed by atoms with Crippen molar-refractivity contribution in [2.45, 2.75) is 12.7 Å². The molecule has 114 valence electrons. The molecule has 2 heterocycles. The number of aromatic nitrogens is 3. The summed E-state index contributed by atoms with van der Waals surface area (Å²) in [5.41, 5.74) is 6.80. The molecule has 4 nitrogen and oxygen atoms in total. The summed E-state index contributed by atoms with van der Waals surface area (Å²) in [6.07, 6.45) is -2.53. The highest BCUT2D eigenvalue weighted by Gasteiger charge is 2.30. The second kappa shape index (κ2) is 5.10. The summed E-state index contributed by atoms with van der Waals surface area (Å²) in [4.78, 5) is 8.71. The average molecular weight is 306 g/mol. The molecule has 0 fully saturated rings. The number of nitrogens with zero attached hydrogens (tertiary/aromatic N) is 3.